The average molecular weight is 283 g/mol. The minimum Gasteiger partial charge on any atom is -0.311 e. The molecule has 0 aliphatic carbocycles. The lowest BCUT2D eigenvalue weighted by Crippen LogP contribution is -2.28. The molecule has 1 aliphatic heterocycles. The molecule has 0 radical (unpaired) electrons. The maximum atomic E-state index is 13.1. The smallest absolute Gasteiger partial charge is 0.311 e. The Hall–Kier alpha value is -1.96. The summed E-state index contributed by atoms with van der Waals surface area (Å²) in [6, 6.07) is 0. The first kappa shape index (κ1) is 13.0. The number of aryl methyl sites for hydroxylation is 1. The molecule has 0 aromatic carbocycles. The number of hydrogen-bond acceptors (Lipinski definition) is 4. The topological polar surface area (TPSA) is 55.6 Å². The molecule has 0 fully saturated rings. The van der Waals surface area contributed by atoms with E-state index in [0.29, 0.717) is 24.3 Å². The Morgan fingerprint density at radius 1 is 1.30 bits per heavy atom. The number of nitrogens with one attached hydrogen (secondary N) is 1. The lowest BCUT2D eigenvalue weighted by molar-refractivity contribution is -0.142. The van der Waals surface area contributed by atoms with Crippen molar-refractivity contribution in [2.45, 2.75) is 19.1 Å². The second-order valence-electron chi connectivity index (χ2n) is 4.65. The third-order valence-electron chi connectivity index (χ3n) is 3.17. The van der Waals surface area contributed by atoms with Gasteiger partial charge in [0, 0.05) is 25.4 Å². The van der Waals surface area contributed by atoms with E-state index < -0.39 is 11.9 Å². The van der Waals surface area contributed by atoms with Crippen LogP contribution in [0.2, 0.25) is 0 Å². The van der Waals surface area contributed by atoms with Crippen molar-refractivity contribution in [3.05, 3.63) is 29.3 Å². The minimum absolute atomic E-state index is 0.0628. The van der Waals surface area contributed by atoms with E-state index in [-0.39, 0.29) is 17.8 Å². The van der Waals surface area contributed by atoms with Crippen molar-refractivity contribution < 1.29 is 13.2 Å². The van der Waals surface area contributed by atoms with Crippen molar-refractivity contribution >= 4 is 0 Å². The quantitative estimate of drug-likeness (QED) is 0.862. The predicted octanol–water partition coefficient (Wildman–Crippen LogP) is 1.54. The monoisotopic (exact) mass is 283 g/mol. The molecule has 0 unspecified atom stereocenters. The van der Waals surface area contributed by atoms with Gasteiger partial charge < -0.3 is 5.32 Å². The fourth-order valence-corrected chi connectivity index (χ4v) is 2.26. The largest absolute Gasteiger partial charge is 0.433 e. The highest BCUT2D eigenvalue weighted by Gasteiger charge is 2.38. The second kappa shape index (κ2) is 4.55. The van der Waals surface area contributed by atoms with Gasteiger partial charge in [-0.1, -0.05) is 0 Å². The van der Waals surface area contributed by atoms with Crippen LogP contribution in [0.1, 0.15) is 17.0 Å². The molecule has 0 saturated carbocycles. The Morgan fingerprint density at radius 2 is 2.10 bits per heavy atom. The van der Waals surface area contributed by atoms with Crippen LogP contribution in [-0.2, 0) is 26.2 Å². The Kier molecular flexibility index (Phi) is 2.97. The van der Waals surface area contributed by atoms with E-state index in [1.165, 1.54) is 10.9 Å². The third kappa shape index (κ3) is 2.26. The van der Waals surface area contributed by atoms with Gasteiger partial charge in [-0.3, -0.25) is 4.68 Å². The molecule has 0 atom stereocenters. The summed E-state index contributed by atoms with van der Waals surface area (Å²) >= 11 is 0. The van der Waals surface area contributed by atoms with Crippen LogP contribution in [0.3, 0.4) is 0 Å². The lowest BCUT2D eigenvalue weighted by Gasteiger charge is -2.20. The molecule has 5 nitrogen and oxygen atoms in total. The van der Waals surface area contributed by atoms with Gasteiger partial charge in [0.1, 0.15) is 0 Å². The Labute approximate surface area is 112 Å². The number of alkyl halides is 3. The third-order valence-corrected chi connectivity index (χ3v) is 3.17. The van der Waals surface area contributed by atoms with Crippen molar-refractivity contribution in [3.8, 4) is 11.4 Å². The van der Waals surface area contributed by atoms with Crippen LogP contribution in [0.15, 0.2) is 12.4 Å². The fraction of sp³-hybridized carbons (Fsp3) is 0.417. The van der Waals surface area contributed by atoms with Gasteiger partial charge in [0.2, 0.25) is 0 Å². The van der Waals surface area contributed by atoms with Crippen LogP contribution >= 0.6 is 0 Å². The SMILES string of the molecule is Cn1cc(-c2nc3c(c(C(F)(F)F)n2)CCNC3)cn1. The molecule has 1 N–H and O–H groups in total. The summed E-state index contributed by atoms with van der Waals surface area (Å²) in [5, 5.41) is 6.96. The van der Waals surface area contributed by atoms with E-state index in [0.717, 1.165) is 0 Å². The summed E-state index contributed by atoms with van der Waals surface area (Å²) < 4.78 is 40.9. The van der Waals surface area contributed by atoms with Crippen LogP contribution in [0.25, 0.3) is 11.4 Å². The van der Waals surface area contributed by atoms with E-state index in [4.69, 9.17) is 0 Å². The molecule has 3 heterocycles. The highest BCUT2D eigenvalue weighted by atomic mass is 19.4. The second-order valence-corrected chi connectivity index (χ2v) is 4.65. The van der Waals surface area contributed by atoms with Gasteiger partial charge in [0.25, 0.3) is 0 Å². The van der Waals surface area contributed by atoms with Gasteiger partial charge in [-0.05, 0) is 13.0 Å². The van der Waals surface area contributed by atoms with E-state index in [1.807, 2.05) is 0 Å². The summed E-state index contributed by atoms with van der Waals surface area (Å²) in [4.78, 5) is 7.97. The molecule has 20 heavy (non-hydrogen) atoms. The van der Waals surface area contributed by atoms with Crippen LogP contribution in [0.5, 0.6) is 0 Å². The van der Waals surface area contributed by atoms with Crippen molar-refractivity contribution in [1.82, 2.24) is 25.1 Å². The molecular formula is C12H12F3N5. The van der Waals surface area contributed by atoms with Gasteiger partial charge in [-0.25, -0.2) is 9.97 Å². The number of nitrogens with zero attached hydrogens (tertiary/aromatic N) is 4. The fourth-order valence-electron chi connectivity index (χ4n) is 2.26. The summed E-state index contributed by atoms with van der Waals surface area (Å²) in [6.07, 6.45) is -1.13. The molecule has 2 aromatic rings. The van der Waals surface area contributed by atoms with Crippen LogP contribution in [0.4, 0.5) is 13.2 Å². The first-order valence-corrected chi connectivity index (χ1v) is 6.12. The number of fused-ring (bicyclic) bond motifs is 1. The minimum atomic E-state index is -4.47. The van der Waals surface area contributed by atoms with E-state index in [9.17, 15) is 13.2 Å². The summed E-state index contributed by atoms with van der Waals surface area (Å²) in [7, 11) is 1.69. The number of rotatable bonds is 1. The van der Waals surface area contributed by atoms with Gasteiger partial charge in [-0.15, -0.1) is 0 Å². The molecule has 2 aromatic heterocycles. The molecule has 0 spiro atoms. The molecule has 8 heteroatoms. The first-order chi connectivity index (χ1) is 9.45. The van der Waals surface area contributed by atoms with Gasteiger partial charge in [-0.2, -0.15) is 18.3 Å². The van der Waals surface area contributed by atoms with Crippen LogP contribution in [0, 0.1) is 0 Å². The van der Waals surface area contributed by atoms with Crippen molar-refractivity contribution in [2.24, 2.45) is 7.05 Å². The Bertz CT molecular complexity index is 647. The maximum absolute atomic E-state index is 13.1. The van der Waals surface area contributed by atoms with Crippen molar-refractivity contribution in [1.29, 1.82) is 0 Å². The van der Waals surface area contributed by atoms with E-state index in [2.05, 4.69) is 20.4 Å². The number of aromatic nitrogens is 4. The van der Waals surface area contributed by atoms with Crippen molar-refractivity contribution in [2.75, 3.05) is 6.54 Å². The zero-order chi connectivity index (χ0) is 14.3. The maximum Gasteiger partial charge on any atom is 0.433 e. The van der Waals surface area contributed by atoms with Gasteiger partial charge in [0.15, 0.2) is 11.5 Å². The summed E-state index contributed by atoms with van der Waals surface area (Å²) in [5.74, 6) is 0.0628. The zero-order valence-corrected chi connectivity index (χ0v) is 10.7. The lowest BCUT2D eigenvalue weighted by atomic mass is 10.0. The summed E-state index contributed by atoms with van der Waals surface area (Å²) in [6.45, 7) is 0.833. The molecule has 0 saturated heterocycles. The average Bonchev–Trinajstić information content (AvgIpc) is 2.83. The Morgan fingerprint density at radius 3 is 2.75 bits per heavy atom. The Balaban J connectivity index is 2.18. The predicted molar refractivity (Wildman–Crippen MR) is 64.6 cm³/mol. The highest BCUT2D eigenvalue weighted by molar-refractivity contribution is 5.54. The molecular weight excluding hydrogens is 271 g/mol. The number of halogens is 3. The van der Waals surface area contributed by atoms with E-state index in [1.54, 1.807) is 13.2 Å². The molecule has 1 aliphatic rings. The van der Waals surface area contributed by atoms with Gasteiger partial charge >= 0.3 is 6.18 Å². The van der Waals surface area contributed by atoms with E-state index >= 15 is 0 Å². The normalized spacial score (nSPS) is 15.2. The highest BCUT2D eigenvalue weighted by Crippen LogP contribution is 2.34. The van der Waals surface area contributed by atoms with Crippen molar-refractivity contribution in [3.63, 3.8) is 0 Å². The zero-order valence-electron chi connectivity index (χ0n) is 10.7. The molecule has 3 rings (SSSR count). The van der Waals surface area contributed by atoms with Gasteiger partial charge in [0.05, 0.1) is 17.5 Å². The molecule has 0 amide bonds. The molecule has 106 valence electrons. The van der Waals surface area contributed by atoms with Crippen LogP contribution in [-0.4, -0.2) is 26.3 Å². The summed E-state index contributed by atoms with van der Waals surface area (Å²) in [5.41, 5.74) is 0.260. The number of hydrogen-bond donors (Lipinski definition) is 1. The van der Waals surface area contributed by atoms with Crippen LogP contribution < -0.4 is 5.32 Å². The standard InChI is InChI=1S/C12H12F3N5/c1-20-6-7(4-17-20)11-18-9-5-16-3-2-8(9)10(19-11)12(13,14)15/h4,6,16H,2-3,5H2,1H3. The first-order valence-electron chi connectivity index (χ1n) is 6.12. The molecule has 0 bridgehead atoms.